The first-order valence-electron chi connectivity index (χ1n) is 3.37. The van der Waals surface area contributed by atoms with Crippen LogP contribution in [0.5, 0.6) is 0 Å². The Balaban J connectivity index is 4.45. The van der Waals surface area contributed by atoms with Crippen LogP contribution in [0.1, 0.15) is 13.3 Å². The minimum absolute atomic E-state index is 0.0529. The van der Waals surface area contributed by atoms with Gasteiger partial charge in [-0.15, -0.1) is 0 Å². The molecule has 2 atom stereocenters. The average Bonchev–Trinajstić information content (AvgIpc) is 2.01. The van der Waals surface area contributed by atoms with Crippen LogP contribution in [0.2, 0.25) is 0 Å². The average molecular weight is 178 g/mol. The molecule has 0 spiro atoms. The number of thiol groups is 1. The number of carbonyl (C=O) groups is 1. The molecule has 0 heterocycles. The minimum atomic E-state index is -1.39. The quantitative estimate of drug-likeness (QED) is 0.434. The fourth-order valence-corrected chi connectivity index (χ4v) is 1.08. The Morgan fingerprint density at radius 1 is 1.82 bits per heavy atom. The first-order chi connectivity index (χ1) is 4.99. The molecule has 0 aliphatic heterocycles. The molecule has 0 aromatic heterocycles. The van der Waals surface area contributed by atoms with E-state index in [2.05, 4.69) is 12.6 Å². The lowest BCUT2D eigenvalue weighted by atomic mass is 9.92. The maximum Gasteiger partial charge on any atom is 0.326 e. The molecule has 0 fully saturated rings. The van der Waals surface area contributed by atoms with E-state index in [1.54, 1.807) is 6.92 Å². The standard InChI is InChI=1S/C6H14N2O2S/c1-2-4(7)6(8,3-11)5(9)10/h4,11H,2-3,7-8H2,1H3,(H,9,10). The molecule has 0 amide bonds. The van der Waals surface area contributed by atoms with Gasteiger partial charge in [0.1, 0.15) is 5.54 Å². The topological polar surface area (TPSA) is 89.3 Å². The lowest BCUT2D eigenvalue weighted by Crippen LogP contribution is -2.62. The van der Waals surface area contributed by atoms with Gasteiger partial charge < -0.3 is 16.6 Å². The molecular formula is C6H14N2O2S. The highest BCUT2D eigenvalue weighted by molar-refractivity contribution is 7.80. The summed E-state index contributed by atoms with van der Waals surface area (Å²) in [7, 11) is 0. The van der Waals surface area contributed by atoms with Crippen LogP contribution in [0.15, 0.2) is 0 Å². The van der Waals surface area contributed by atoms with E-state index >= 15 is 0 Å². The van der Waals surface area contributed by atoms with Gasteiger partial charge in [0.2, 0.25) is 0 Å². The summed E-state index contributed by atoms with van der Waals surface area (Å²) in [6.07, 6.45) is 0.531. The number of carboxylic acid groups (broad SMARTS) is 1. The van der Waals surface area contributed by atoms with E-state index in [0.29, 0.717) is 6.42 Å². The van der Waals surface area contributed by atoms with Gasteiger partial charge in [0.05, 0.1) is 0 Å². The summed E-state index contributed by atoms with van der Waals surface area (Å²) < 4.78 is 0. The van der Waals surface area contributed by atoms with Gasteiger partial charge in [0.15, 0.2) is 0 Å². The minimum Gasteiger partial charge on any atom is -0.480 e. The Hall–Kier alpha value is -0.260. The van der Waals surface area contributed by atoms with E-state index < -0.39 is 17.6 Å². The van der Waals surface area contributed by atoms with E-state index in [1.807, 2.05) is 0 Å². The molecule has 0 bridgehead atoms. The van der Waals surface area contributed by atoms with Gasteiger partial charge in [-0.1, -0.05) is 6.92 Å². The second-order valence-corrected chi connectivity index (χ2v) is 2.83. The van der Waals surface area contributed by atoms with E-state index in [9.17, 15) is 4.79 Å². The van der Waals surface area contributed by atoms with Crippen LogP contribution >= 0.6 is 12.6 Å². The van der Waals surface area contributed by atoms with Crippen LogP contribution in [-0.2, 0) is 4.79 Å². The monoisotopic (exact) mass is 178 g/mol. The van der Waals surface area contributed by atoms with Gasteiger partial charge in [-0.25, -0.2) is 0 Å². The summed E-state index contributed by atoms with van der Waals surface area (Å²) in [5.41, 5.74) is 9.61. The van der Waals surface area contributed by atoms with Crippen molar-refractivity contribution in [2.24, 2.45) is 11.5 Å². The highest BCUT2D eigenvalue weighted by Gasteiger charge is 2.37. The first-order valence-corrected chi connectivity index (χ1v) is 4.01. The predicted molar refractivity (Wildman–Crippen MR) is 46.7 cm³/mol. The lowest BCUT2D eigenvalue weighted by Gasteiger charge is -2.28. The summed E-state index contributed by atoms with van der Waals surface area (Å²) in [5.74, 6) is -1.04. The Morgan fingerprint density at radius 2 is 2.27 bits per heavy atom. The maximum absolute atomic E-state index is 10.6. The van der Waals surface area contributed by atoms with Gasteiger partial charge in [0, 0.05) is 11.8 Å². The Morgan fingerprint density at radius 3 is 2.36 bits per heavy atom. The number of carboxylic acids is 1. The molecule has 4 nitrogen and oxygen atoms in total. The Bertz CT molecular complexity index is 154. The van der Waals surface area contributed by atoms with E-state index in [1.165, 1.54) is 0 Å². The number of nitrogens with two attached hydrogens (primary N) is 2. The van der Waals surface area contributed by atoms with Crippen molar-refractivity contribution >= 4 is 18.6 Å². The molecule has 0 aromatic rings. The summed E-state index contributed by atoms with van der Waals surface area (Å²) in [4.78, 5) is 10.6. The van der Waals surface area contributed by atoms with Crippen molar-refractivity contribution in [3.05, 3.63) is 0 Å². The maximum atomic E-state index is 10.6. The third-order valence-electron chi connectivity index (χ3n) is 1.76. The van der Waals surface area contributed by atoms with Crippen molar-refractivity contribution in [1.29, 1.82) is 0 Å². The zero-order valence-corrected chi connectivity index (χ0v) is 7.34. The fraction of sp³-hybridized carbons (Fsp3) is 0.833. The zero-order chi connectivity index (χ0) is 9.07. The van der Waals surface area contributed by atoms with Gasteiger partial charge >= 0.3 is 5.97 Å². The number of hydrogen-bond donors (Lipinski definition) is 4. The number of rotatable bonds is 4. The van der Waals surface area contributed by atoms with Gasteiger partial charge in [-0.3, -0.25) is 4.79 Å². The van der Waals surface area contributed by atoms with Crippen molar-refractivity contribution < 1.29 is 9.90 Å². The summed E-state index contributed by atoms with van der Waals surface area (Å²) in [5, 5.41) is 8.68. The van der Waals surface area contributed by atoms with Crippen LogP contribution in [-0.4, -0.2) is 28.4 Å². The normalized spacial score (nSPS) is 18.9. The summed E-state index contributed by atoms with van der Waals surface area (Å²) in [6, 6.07) is -0.544. The molecule has 0 saturated carbocycles. The lowest BCUT2D eigenvalue weighted by molar-refractivity contribution is -0.143. The van der Waals surface area contributed by atoms with Crippen LogP contribution in [0, 0.1) is 0 Å². The molecular weight excluding hydrogens is 164 g/mol. The van der Waals surface area contributed by atoms with Crippen molar-refractivity contribution in [1.82, 2.24) is 0 Å². The SMILES string of the molecule is CCC(N)C(N)(CS)C(=O)O. The molecule has 0 aromatic carbocycles. The largest absolute Gasteiger partial charge is 0.480 e. The van der Waals surface area contributed by atoms with Crippen LogP contribution < -0.4 is 11.5 Å². The van der Waals surface area contributed by atoms with E-state index in [4.69, 9.17) is 16.6 Å². The molecule has 0 aliphatic carbocycles. The highest BCUT2D eigenvalue weighted by Crippen LogP contribution is 2.10. The van der Waals surface area contributed by atoms with Crippen LogP contribution in [0.25, 0.3) is 0 Å². The molecule has 66 valence electrons. The summed E-state index contributed by atoms with van der Waals surface area (Å²) in [6.45, 7) is 1.79. The summed E-state index contributed by atoms with van der Waals surface area (Å²) >= 11 is 3.85. The smallest absolute Gasteiger partial charge is 0.326 e. The number of hydrogen-bond acceptors (Lipinski definition) is 4. The van der Waals surface area contributed by atoms with Crippen molar-refractivity contribution in [2.45, 2.75) is 24.9 Å². The fourth-order valence-electron chi connectivity index (χ4n) is 0.708. The third kappa shape index (κ3) is 2.08. The second-order valence-electron chi connectivity index (χ2n) is 2.52. The molecule has 0 aliphatic rings. The molecule has 5 N–H and O–H groups in total. The van der Waals surface area contributed by atoms with E-state index in [0.717, 1.165) is 0 Å². The number of aliphatic carboxylic acids is 1. The van der Waals surface area contributed by atoms with E-state index in [-0.39, 0.29) is 5.75 Å². The van der Waals surface area contributed by atoms with Crippen molar-refractivity contribution in [3.8, 4) is 0 Å². The van der Waals surface area contributed by atoms with Crippen molar-refractivity contribution in [3.63, 3.8) is 0 Å². The molecule has 0 radical (unpaired) electrons. The van der Waals surface area contributed by atoms with Crippen molar-refractivity contribution in [2.75, 3.05) is 5.75 Å². The van der Waals surface area contributed by atoms with Gasteiger partial charge in [0.25, 0.3) is 0 Å². The van der Waals surface area contributed by atoms with Gasteiger partial charge in [-0.2, -0.15) is 12.6 Å². The predicted octanol–water partition coefficient (Wildman–Crippen LogP) is -0.564. The third-order valence-corrected chi connectivity index (χ3v) is 2.28. The molecule has 5 heteroatoms. The van der Waals surface area contributed by atoms with Gasteiger partial charge in [-0.05, 0) is 6.42 Å². The van der Waals surface area contributed by atoms with Crippen LogP contribution in [0.4, 0.5) is 0 Å². The Labute approximate surface area is 71.4 Å². The molecule has 11 heavy (non-hydrogen) atoms. The highest BCUT2D eigenvalue weighted by atomic mass is 32.1. The Kier molecular flexibility index (Phi) is 3.85. The molecule has 0 rings (SSSR count). The van der Waals surface area contributed by atoms with Crippen LogP contribution in [0.3, 0.4) is 0 Å². The zero-order valence-electron chi connectivity index (χ0n) is 6.45. The second kappa shape index (κ2) is 3.94. The molecule has 0 saturated heterocycles. The molecule has 2 unspecified atom stereocenters. The first kappa shape index (κ1) is 10.7.